The van der Waals surface area contributed by atoms with Crippen molar-refractivity contribution in [3.63, 3.8) is 0 Å². The Morgan fingerprint density at radius 2 is 2.07 bits per heavy atom. The van der Waals surface area contributed by atoms with Gasteiger partial charge in [0.2, 0.25) is 0 Å². The molecule has 3 nitrogen and oxygen atoms in total. The molecule has 0 bridgehead atoms. The number of halogens is 2. The van der Waals surface area contributed by atoms with E-state index in [1.165, 1.54) is 19.1 Å². The number of aliphatic carboxylic acids is 1. The molecular weight excluding hydrogens is 225 g/mol. The lowest BCUT2D eigenvalue weighted by atomic mass is 9.93. The second-order valence-electron chi connectivity index (χ2n) is 3.13. The minimum absolute atomic E-state index is 0.293. The molecule has 0 fully saturated rings. The van der Waals surface area contributed by atoms with E-state index < -0.39 is 11.5 Å². The molecule has 0 spiro atoms. The van der Waals surface area contributed by atoms with Crippen LogP contribution in [0.2, 0.25) is 10.0 Å². The molecule has 0 saturated heterocycles. The zero-order chi connectivity index (χ0) is 10.9. The highest BCUT2D eigenvalue weighted by molar-refractivity contribution is 6.33. The Bertz CT molecular complexity index is 377. The highest BCUT2D eigenvalue weighted by Crippen LogP contribution is 2.28. The Balaban J connectivity index is 3.31. The molecule has 0 amide bonds. The number of carboxylic acids is 1. The molecular formula is C9H9Cl2NO2. The first-order valence-electron chi connectivity index (χ1n) is 3.83. The minimum Gasteiger partial charge on any atom is -0.480 e. The predicted molar refractivity (Wildman–Crippen MR) is 55.6 cm³/mol. The fourth-order valence-corrected chi connectivity index (χ4v) is 1.50. The van der Waals surface area contributed by atoms with E-state index in [4.69, 9.17) is 34.0 Å². The van der Waals surface area contributed by atoms with Gasteiger partial charge in [0.1, 0.15) is 5.54 Å². The molecule has 0 aromatic heterocycles. The van der Waals surface area contributed by atoms with Crippen LogP contribution in [0.25, 0.3) is 0 Å². The Morgan fingerprint density at radius 1 is 1.50 bits per heavy atom. The summed E-state index contributed by atoms with van der Waals surface area (Å²) in [5.74, 6) is -1.15. The number of rotatable bonds is 2. The number of benzene rings is 1. The smallest absolute Gasteiger partial charge is 0.328 e. The van der Waals surface area contributed by atoms with E-state index in [2.05, 4.69) is 0 Å². The Kier molecular flexibility index (Phi) is 3.04. The van der Waals surface area contributed by atoms with Gasteiger partial charge in [-0.05, 0) is 25.1 Å². The molecule has 1 unspecified atom stereocenters. The third-order valence-corrected chi connectivity index (χ3v) is 2.50. The van der Waals surface area contributed by atoms with Crippen molar-refractivity contribution >= 4 is 29.2 Å². The van der Waals surface area contributed by atoms with E-state index in [1.807, 2.05) is 0 Å². The van der Waals surface area contributed by atoms with Crippen LogP contribution in [0.3, 0.4) is 0 Å². The molecule has 3 N–H and O–H groups in total. The van der Waals surface area contributed by atoms with E-state index in [-0.39, 0.29) is 0 Å². The molecule has 0 heterocycles. The van der Waals surface area contributed by atoms with Crippen molar-refractivity contribution < 1.29 is 9.90 Å². The van der Waals surface area contributed by atoms with Gasteiger partial charge in [-0.2, -0.15) is 0 Å². The lowest BCUT2D eigenvalue weighted by Gasteiger charge is -2.21. The van der Waals surface area contributed by atoms with E-state index in [9.17, 15) is 4.79 Å². The van der Waals surface area contributed by atoms with Gasteiger partial charge in [0.15, 0.2) is 0 Å². The number of nitrogens with two attached hydrogens (primary N) is 1. The zero-order valence-electron chi connectivity index (χ0n) is 7.42. The lowest BCUT2D eigenvalue weighted by Crippen LogP contribution is -2.41. The molecule has 1 rings (SSSR count). The van der Waals surface area contributed by atoms with E-state index in [0.717, 1.165) is 0 Å². The van der Waals surface area contributed by atoms with Gasteiger partial charge in [-0.3, -0.25) is 0 Å². The molecule has 1 atom stereocenters. The average molecular weight is 234 g/mol. The summed E-state index contributed by atoms with van der Waals surface area (Å²) in [7, 11) is 0. The zero-order valence-corrected chi connectivity index (χ0v) is 8.93. The van der Waals surface area contributed by atoms with Crippen molar-refractivity contribution in [3.8, 4) is 0 Å². The topological polar surface area (TPSA) is 63.3 Å². The highest BCUT2D eigenvalue weighted by Gasteiger charge is 2.32. The van der Waals surface area contributed by atoms with Crippen molar-refractivity contribution in [2.75, 3.05) is 0 Å². The molecule has 0 aliphatic carbocycles. The fraction of sp³-hybridized carbons (Fsp3) is 0.222. The summed E-state index contributed by atoms with van der Waals surface area (Å²) < 4.78 is 0. The first kappa shape index (κ1) is 11.3. The average Bonchev–Trinajstić information content (AvgIpc) is 2.08. The van der Waals surface area contributed by atoms with Gasteiger partial charge in [-0.15, -0.1) is 0 Å². The van der Waals surface area contributed by atoms with Crippen LogP contribution in [0, 0.1) is 0 Å². The van der Waals surface area contributed by atoms with Crippen LogP contribution in [-0.2, 0) is 10.3 Å². The molecule has 14 heavy (non-hydrogen) atoms. The quantitative estimate of drug-likeness (QED) is 0.824. The molecule has 5 heteroatoms. The van der Waals surface area contributed by atoms with Crippen LogP contribution < -0.4 is 5.73 Å². The summed E-state index contributed by atoms with van der Waals surface area (Å²) >= 11 is 11.5. The number of hydrogen-bond donors (Lipinski definition) is 2. The second-order valence-corrected chi connectivity index (χ2v) is 3.98. The van der Waals surface area contributed by atoms with Crippen molar-refractivity contribution in [2.24, 2.45) is 5.73 Å². The SMILES string of the molecule is CC(N)(C(=O)O)c1cc(Cl)ccc1Cl. The Labute approximate surface area is 91.4 Å². The summed E-state index contributed by atoms with van der Waals surface area (Å²) in [6.45, 7) is 1.37. The molecule has 0 aliphatic heterocycles. The monoisotopic (exact) mass is 233 g/mol. The third-order valence-electron chi connectivity index (χ3n) is 1.93. The summed E-state index contributed by atoms with van der Waals surface area (Å²) in [6, 6.07) is 4.55. The first-order valence-corrected chi connectivity index (χ1v) is 4.59. The van der Waals surface area contributed by atoms with E-state index in [1.54, 1.807) is 6.07 Å². The molecule has 0 radical (unpaired) electrons. The third kappa shape index (κ3) is 2.00. The van der Waals surface area contributed by atoms with Crippen LogP contribution >= 0.6 is 23.2 Å². The Hall–Kier alpha value is -0.770. The summed E-state index contributed by atoms with van der Waals surface area (Å²) in [5.41, 5.74) is 4.39. The Morgan fingerprint density at radius 3 is 2.57 bits per heavy atom. The molecule has 0 saturated carbocycles. The maximum absolute atomic E-state index is 10.9. The normalized spacial score (nSPS) is 14.9. The van der Waals surface area contributed by atoms with Gasteiger partial charge in [-0.1, -0.05) is 23.2 Å². The molecule has 1 aromatic carbocycles. The maximum Gasteiger partial charge on any atom is 0.328 e. The van der Waals surface area contributed by atoms with Crippen molar-refractivity contribution in [3.05, 3.63) is 33.8 Å². The standard InChI is InChI=1S/C9H9Cl2NO2/c1-9(12,8(13)14)6-4-5(10)2-3-7(6)11/h2-4H,12H2,1H3,(H,13,14). The van der Waals surface area contributed by atoms with Crippen molar-refractivity contribution in [1.29, 1.82) is 0 Å². The van der Waals surface area contributed by atoms with Crippen LogP contribution in [0.15, 0.2) is 18.2 Å². The second kappa shape index (κ2) is 3.77. The van der Waals surface area contributed by atoms with Gasteiger partial charge in [0.25, 0.3) is 0 Å². The summed E-state index contributed by atoms with van der Waals surface area (Å²) in [4.78, 5) is 10.9. The maximum atomic E-state index is 10.9. The first-order chi connectivity index (χ1) is 6.35. The summed E-state index contributed by atoms with van der Waals surface area (Å²) in [6.07, 6.45) is 0. The number of hydrogen-bond acceptors (Lipinski definition) is 2. The minimum atomic E-state index is -1.53. The van der Waals surface area contributed by atoms with Crippen molar-refractivity contribution in [2.45, 2.75) is 12.5 Å². The van der Waals surface area contributed by atoms with Gasteiger partial charge in [0.05, 0.1) is 0 Å². The lowest BCUT2D eigenvalue weighted by molar-refractivity contribution is -0.143. The van der Waals surface area contributed by atoms with E-state index >= 15 is 0 Å². The summed E-state index contributed by atoms with van der Waals surface area (Å²) in [5, 5.41) is 9.58. The van der Waals surface area contributed by atoms with Gasteiger partial charge in [0, 0.05) is 15.6 Å². The van der Waals surface area contributed by atoms with Gasteiger partial charge < -0.3 is 10.8 Å². The van der Waals surface area contributed by atoms with E-state index in [0.29, 0.717) is 15.6 Å². The molecule has 76 valence electrons. The highest BCUT2D eigenvalue weighted by atomic mass is 35.5. The van der Waals surface area contributed by atoms with Crippen LogP contribution in [-0.4, -0.2) is 11.1 Å². The molecule has 1 aromatic rings. The fourth-order valence-electron chi connectivity index (χ4n) is 1.01. The number of carbonyl (C=O) groups is 1. The largest absolute Gasteiger partial charge is 0.480 e. The van der Waals surface area contributed by atoms with Crippen LogP contribution in [0.1, 0.15) is 12.5 Å². The number of carboxylic acid groups (broad SMARTS) is 1. The van der Waals surface area contributed by atoms with Gasteiger partial charge >= 0.3 is 5.97 Å². The van der Waals surface area contributed by atoms with Gasteiger partial charge in [-0.25, -0.2) is 4.79 Å². The molecule has 0 aliphatic rings. The van der Waals surface area contributed by atoms with Crippen LogP contribution in [0.4, 0.5) is 0 Å². The predicted octanol–water partition coefficient (Wildman–Crippen LogP) is 2.25. The van der Waals surface area contributed by atoms with Crippen molar-refractivity contribution in [1.82, 2.24) is 0 Å². The van der Waals surface area contributed by atoms with Crippen LogP contribution in [0.5, 0.6) is 0 Å².